The molecule has 0 atom stereocenters. The molecule has 0 N–H and O–H groups in total. The zero-order valence-electron chi connectivity index (χ0n) is 14.6. The summed E-state index contributed by atoms with van der Waals surface area (Å²) in [5.41, 5.74) is 3.00. The Balaban J connectivity index is 1.80. The minimum Gasteiger partial charge on any atom is -0.436 e. The second-order valence-corrected chi connectivity index (χ2v) is 5.94. The molecule has 0 bridgehead atoms. The van der Waals surface area contributed by atoms with Gasteiger partial charge in [0.15, 0.2) is 5.78 Å². The predicted octanol–water partition coefficient (Wildman–Crippen LogP) is 4.22. The van der Waals surface area contributed by atoms with Crippen LogP contribution in [0.5, 0.6) is 11.6 Å². The molecular formula is C20H18N4O2. The Labute approximate surface area is 150 Å². The molecule has 0 saturated carbocycles. The van der Waals surface area contributed by atoms with E-state index in [0.29, 0.717) is 29.3 Å². The third-order valence-corrected chi connectivity index (χ3v) is 4.29. The molecule has 4 rings (SSSR count). The number of rotatable bonds is 5. The molecule has 2 heterocycles. The van der Waals surface area contributed by atoms with Crippen molar-refractivity contribution < 1.29 is 9.53 Å². The Kier molecular flexibility index (Phi) is 4.08. The molecule has 0 spiro atoms. The van der Waals surface area contributed by atoms with Gasteiger partial charge in [0.1, 0.15) is 11.6 Å². The van der Waals surface area contributed by atoms with E-state index in [1.54, 1.807) is 24.3 Å². The molecule has 2 aromatic carbocycles. The van der Waals surface area contributed by atoms with Crippen molar-refractivity contribution in [3.8, 4) is 11.6 Å². The van der Waals surface area contributed by atoms with E-state index in [2.05, 4.69) is 15.2 Å². The van der Waals surface area contributed by atoms with E-state index in [4.69, 9.17) is 4.74 Å². The van der Waals surface area contributed by atoms with Crippen LogP contribution in [0.15, 0.2) is 48.5 Å². The van der Waals surface area contributed by atoms with Crippen LogP contribution >= 0.6 is 0 Å². The van der Waals surface area contributed by atoms with Gasteiger partial charge in [-0.2, -0.15) is 0 Å². The summed E-state index contributed by atoms with van der Waals surface area (Å²) in [6.45, 7) is 3.88. The molecule has 4 aromatic rings. The Morgan fingerprint density at radius 3 is 2.54 bits per heavy atom. The monoisotopic (exact) mass is 346 g/mol. The third kappa shape index (κ3) is 2.69. The average Bonchev–Trinajstić information content (AvgIpc) is 3.13. The molecular weight excluding hydrogens is 328 g/mol. The third-order valence-electron chi connectivity index (χ3n) is 4.29. The Morgan fingerprint density at radius 2 is 1.81 bits per heavy atom. The number of nitrogens with zero attached hydrogens (tertiary/aromatic N) is 4. The van der Waals surface area contributed by atoms with Crippen LogP contribution in [0, 0.1) is 0 Å². The molecule has 0 amide bonds. The Hall–Kier alpha value is -3.28. The molecule has 0 fully saturated rings. The van der Waals surface area contributed by atoms with Crippen molar-refractivity contribution in [3.63, 3.8) is 0 Å². The fraction of sp³-hybridized carbons (Fsp3) is 0.200. The maximum absolute atomic E-state index is 11.8. The quantitative estimate of drug-likeness (QED) is 0.506. The van der Waals surface area contributed by atoms with Crippen molar-refractivity contribution in [2.24, 2.45) is 0 Å². The summed E-state index contributed by atoms with van der Waals surface area (Å²) in [5, 5.41) is 8.53. The smallest absolute Gasteiger partial charge is 0.266 e. The highest BCUT2D eigenvalue weighted by molar-refractivity contribution is 5.95. The summed E-state index contributed by atoms with van der Waals surface area (Å²) in [6.07, 6.45) is 1.23. The first-order valence-electron chi connectivity index (χ1n) is 8.65. The van der Waals surface area contributed by atoms with Gasteiger partial charge in [-0.3, -0.25) is 9.20 Å². The van der Waals surface area contributed by atoms with Crippen LogP contribution in [0.3, 0.4) is 0 Å². The Bertz CT molecular complexity index is 1100. The molecule has 0 aliphatic heterocycles. The van der Waals surface area contributed by atoms with E-state index in [-0.39, 0.29) is 5.78 Å². The van der Waals surface area contributed by atoms with E-state index in [1.165, 1.54) is 0 Å². The van der Waals surface area contributed by atoms with E-state index < -0.39 is 0 Å². The maximum atomic E-state index is 11.8. The van der Waals surface area contributed by atoms with E-state index in [1.807, 2.05) is 42.5 Å². The molecule has 0 radical (unpaired) electrons. The summed E-state index contributed by atoms with van der Waals surface area (Å²) in [7, 11) is 0. The van der Waals surface area contributed by atoms with E-state index in [9.17, 15) is 4.79 Å². The molecule has 6 heteroatoms. The number of hydrogen-bond donors (Lipinski definition) is 0. The highest BCUT2D eigenvalue weighted by Gasteiger charge is 2.16. The van der Waals surface area contributed by atoms with E-state index in [0.717, 1.165) is 23.3 Å². The van der Waals surface area contributed by atoms with Gasteiger partial charge in [-0.1, -0.05) is 26.0 Å². The first-order valence-corrected chi connectivity index (χ1v) is 8.65. The molecule has 0 aliphatic carbocycles. The second-order valence-electron chi connectivity index (χ2n) is 5.94. The summed E-state index contributed by atoms with van der Waals surface area (Å²) in [6, 6.07) is 14.9. The first kappa shape index (κ1) is 16.2. The molecule has 6 nitrogen and oxygen atoms in total. The zero-order valence-corrected chi connectivity index (χ0v) is 14.6. The number of Topliss-reactive ketones (excluding diaryl/α,β-unsaturated/α-hetero) is 1. The number of carbonyl (C=O) groups excluding carboxylic acids is 1. The molecule has 0 saturated heterocycles. The largest absolute Gasteiger partial charge is 0.436 e. The second kappa shape index (κ2) is 6.55. The number of benzene rings is 2. The normalized spacial score (nSPS) is 11.2. The van der Waals surface area contributed by atoms with Gasteiger partial charge in [0.05, 0.1) is 11.0 Å². The number of ether oxygens (including phenoxy) is 1. The van der Waals surface area contributed by atoms with Gasteiger partial charge in [-0.15, -0.1) is 10.2 Å². The maximum Gasteiger partial charge on any atom is 0.266 e. The summed E-state index contributed by atoms with van der Waals surface area (Å²) in [4.78, 5) is 16.4. The highest BCUT2D eigenvalue weighted by atomic mass is 16.5. The van der Waals surface area contributed by atoms with Crippen LogP contribution in [-0.4, -0.2) is 25.4 Å². The molecule has 0 unspecified atom stereocenters. The first-order chi connectivity index (χ1) is 12.7. The number of hydrogen-bond acceptors (Lipinski definition) is 5. The predicted molar refractivity (Wildman–Crippen MR) is 98.8 cm³/mol. The number of para-hydroxylation sites is 2. The summed E-state index contributed by atoms with van der Waals surface area (Å²) < 4.78 is 7.96. The van der Waals surface area contributed by atoms with Crippen LogP contribution in [0.2, 0.25) is 0 Å². The zero-order chi connectivity index (χ0) is 18.1. The van der Waals surface area contributed by atoms with Crippen LogP contribution in [-0.2, 0) is 6.42 Å². The minimum absolute atomic E-state index is 0.104. The topological polar surface area (TPSA) is 69.4 Å². The van der Waals surface area contributed by atoms with Crippen molar-refractivity contribution in [1.29, 1.82) is 0 Å². The van der Waals surface area contributed by atoms with Crippen molar-refractivity contribution in [1.82, 2.24) is 19.6 Å². The fourth-order valence-electron chi connectivity index (χ4n) is 2.94. The summed E-state index contributed by atoms with van der Waals surface area (Å²) in [5.74, 6) is 1.95. The molecule has 130 valence electrons. The van der Waals surface area contributed by atoms with Crippen molar-refractivity contribution in [3.05, 3.63) is 59.9 Å². The average molecular weight is 346 g/mol. The minimum atomic E-state index is 0.104. The van der Waals surface area contributed by atoms with Crippen LogP contribution in [0.1, 0.15) is 36.5 Å². The molecule has 2 aromatic heterocycles. The number of fused-ring (bicyclic) bond motifs is 3. The number of carbonyl (C=O) groups is 1. The van der Waals surface area contributed by atoms with Crippen molar-refractivity contribution in [2.75, 3.05) is 0 Å². The summed E-state index contributed by atoms with van der Waals surface area (Å²) >= 11 is 0. The van der Waals surface area contributed by atoms with Gasteiger partial charge in [0, 0.05) is 18.4 Å². The highest BCUT2D eigenvalue weighted by Crippen LogP contribution is 2.28. The van der Waals surface area contributed by atoms with Gasteiger partial charge in [-0.05, 0) is 36.4 Å². The van der Waals surface area contributed by atoms with Crippen LogP contribution in [0.4, 0.5) is 0 Å². The SMILES string of the molecule is CCC(=O)c1ccc(Oc2nc3ccccc3n3c(CC)nnc23)cc1. The molecule has 26 heavy (non-hydrogen) atoms. The van der Waals surface area contributed by atoms with Gasteiger partial charge in [-0.25, -0.2) is 4.98 Å². The lowest BCUT2D eigenvalue weighted by Gasteiger charge is -2.09. The van der Waals surface area contributed by atoms with Gasteiger partial charge in [0.25, 0.3) is 5.88 Å². The van der Waals surface area contributed by atoms with Crippen molar-refractivity contribution >= 4 is 22.5 Å². The Morgan fingerprint density at radius 1 is 1.04 bits per heavy atom. The molecule has 0 aliphatic rings. The number of aryl methyl sites for hydroxylation is 1. The lowest BCUT2D eigenvalue weighted by atomic mass is 10.1. The number of aromatic nitrogens is 4. The lowest BCUT2D eigenvalue weighted by molar-refractivity contribution is 0.0988. The van der Waals surface area contributed by atoms with Crippen LogP contribution < -0.4 is 4.74 Å². The van der Waals surface area contributed by atoms with Gasteiger partial charge >= 0.3 is 0 Å². The van der Waals surface area contributed by atoms with E-state index >= 15 is 0 Å². The standard InChI is InChI=1S/C20H18N4O2/c1-3-17(25)13-9-11-14(12-10-13)26-20-19-23-22-18(4-2)24(19)16-8-6-5-7-15(16)21-20/h5-12H,3-4H2,1-2H3. The number of ketones is 1. The van der Waals surface area contributed by atoms with Crippen molar-refractivity contribution in [2.45, 2.75) is 26.7 Å². The van der Waals surface area contributed by atoms with Crippen LogP contribution in [0.25, 0.3) is 16.7 Å². The van der Waals surface area contributed by atoms with Gasteiger partial charge in [0.2, 0.25) is 5.65 Å². The fourth-order valence-corrected chi connectivity index (χ4v) is 2.94. The van der Waals surface area contributed by atoms with Gasteiger partial charge < -0.3 is 4.74 Å². The lowest BCUT2D eigenvalue weighted by Crippen LogP contribution is -2.00.